The fraction of sp³-hybridized carbons (Fsp3) is 0.333. The number of hydrogen-bond donors (Lipinski definition) is 1. The number of halogens is 1. The number of piperidine rings is 1. The maximum atomic E-state index is 12.9. The Hall–Kier alpha value is -3.00. The van der Waals surface area contributed by atoms with Crippen molar-refractivity contribution in [3.05, 3.63) is 68.7 Å². The summed E-state index contributed by atoms with van der Waals surface area (Å²) in [5.41, 5.74) is 2.33. The van der Waals surface area contributed by atoms with Crippen LogP contribution in [-0.4, -0.2) is 38.9 Å². The second kappa shape index (κ2) is 9.24. The molecule has 0 spiro atoms. The van der Waals surface area contributed by atoms with E-state index in [1.807, 2.05) is 17.9 Å². The lowest BCUT2D eigenvalue weighted by molar-refractivity contribution is -0.116. The van der Waals surface area contributed by atoms with Crippen LogP contribution in [0.2, 0.25) is 0 Å². The number of anilines is 1. The van der Waals surface area contributed by atoms with Crippen LogP contribution in [0.1, 0.15) is 42.1 Å². The average Bonchev–Trinajstić information content (AvgIpc) is 2.77. The summed E-state index contributed by atoms with van der Waals surface area (Å²) in [4.78, 5) is 44.4. The van der Waals surface area contributed by atoms with E-state index in [-0.39, 0.29) is 30.0 Å². The van der Waals surface area contributed by atoms with Crippen LogP contribution in [0.25, 0.3) is 10.9 Å². The first-order valence-corrected chi connectivity index (χ1v) is 11.5. The first-order valence-electron chi connectivity index (χ1n) is 10.7. The molecule has 8 heteroatoms. The van der Waals surface area contributed by atoms with Crippen molar-refractivity contribution in [2.75, 3.05) is 11.9 Å². The predicted molar refractivity (Wildman–Crippen MR) is 128 cm³/mol. The molecule has 2 amide bonds. The van der Waals surface area contributed by atoms with Crippen molar-refractivity contribution in [2.24, 2.45) is 0 Å². The average molecular weight is 497 g/mol. The molecule has 0 saturated carbocycles. The zero-order chi connectivity index (χ0) is 22.8. The van der Waals surface area contributed by atoms with Crippen molar-refractivity contribution in [1.82, 2.24) is 14.5 Å². The van der Waals surface area contributed by atoms with Crippen LogP contribution >= 0.6 is 15.9 Å². The summed E-state index contributed by atoms with van der Waals surface area (Å²) in [5.74, 6) is -0.312. The van der Waals surface area contributed by atoms with Crippen molar-refractivity contribution < 1.29 is 9.59 Å². The number of fused-ring (bicyclic) bond motifs is 1. The van der Waals surface area contributed by atoms with Crippen molar-refractivity contribution in [1.29, 1.82) is 0 Å². The number of aryl methyl sites for hydroxylation is 1. The molecule has 1 aromatic heterocycles. The summed E-state index contributed by atoms with van der Waals surface area (Å²) in [6, 6.07) is 10.8. The van der Waals surface area contributed by atoms with Crippen LogP contribution in [0.5, 0.6) is 0 Å². The molecule has 1 aliphatic heterocycles. The molecule has 166 valence electrons. The summed E-state index contributed by atoms with van der Waals surface area (Å²) in [7, 11) is 0. The van der Waals surface area contributed by atoms with Gasteiger partial charge in [-0.3, -0.25) is 19.0 Å². The summed E-state index contributed by atoms with van der Waals surface area (Å²) in [6.45, 7) is 4.57. The number of carbonyl (C=O) groups is 2. The van der Waals surface area contributed by atoms with E-state index in [1.54, 1.807) is 30.3 Å². The Morgan fingerprint density at radius 2 is 2.00 bits per heavy atom. The number of carbonyl (C=O) groups excluding carboxylic acids is 2. The Balaban J connectivity index is 1.48. The molecular formula is C24H25BrN4O3. The second-order valence-electron chi connectivity index (χ2n) is 8.26. The van der Waals surface area contributed by atoms with Crippen LogP contribution in [0.4, 0.5) is 5.69 Å². The molecule has 32 heavy (non-hydrogen) atoms. The fourth-order valence-corrected chi connectivity index (χ4v) is 4.45. The van der Waals surface area contributed by atoms with Gasteiger partial charge in [-0.15, -0.1) is 0 Å². The SMILES string of the molecule is Cc1cc(C(=O)N2CCCCC2C)ccc1NC(=O)Cn1cnc2ccc(Br)cc2c1=O. The van der Waals surface area contributed by atoms with Gasteiger partial charge in [0.1, 0.15) is 6.54 Å². The number of nitrogens with one attached hydrogen (secondary N) is 1. The molecule has 0 bridgehead atoms. The van der Waals surface area contributed by atoms with Crippen LogP contribution in [0.3, 0.4) is 0 Å². The Morgan fingerprint density at radius 3 is 2.75 bits per heavy atom. The van der Waals surface area contributed by atoms with E-state index in [9.17, 15) is 14.4 Å². The van der Waals surface area contributed by atoms with Gasteiger partial charge in [-0.05, 0) is 75.1 Å². The number of hydrogen-bond acceptors (Lipinski definition) is 4. The highest BCUT2D eigenvalue weighted by atomic mass is 79.9. The fourth-order valence-electron chi connectivity index (χ4n) is 4.09. The Kier molecular flexibility index (Phi) is 6.41. The molecule has 4 rings (SSSR count). The highest BCUT2D eigenvalue weighted by molar-refractivity contribution is 9.10. The molecular weight excluding hydrogens is 472 g/mol. The smallest absolute Gasteiger partial charge is 0.261 e. The number of benzene rings is 2. The van der Waals surface area contributed by atoms with Gasteiger partial charge in [-0.1, -0.05) is 15.9 Å². The van der Waals surface area contributed by atoms with Gasteiger partial charge in [0.05, 0.1) is 17.2 Å². The summed E-state index contributed by atoms with van der Waals surface area (Å²) >= 11 is 3.36. The first-order chi connectivity index (χ1) is 15.3. The molecule has 1 saturated heterocycles. The molecule has 3 aromatic rings. The Labute approximate surface area is 194 Å². The Morgan fingerprint density at radius 1 is 1.19 bits per heavy atom. The molecule has 7 nitrogen and oxygen atoms in total. The molecule has 1 unspecified atom stereocenters. The Bertz CT molecular complexity index is 1250. The largest absolute Gasteiger partial charge is 0.336 e. The minimum absolute atomic E-state index is 0.0260. The third-order valence-corrected chi connectivity index (χ3v) is 6.40. The lowest BCUT2D eigenvalue weighted by Gasteiger charge is -2.33. The van der Waals surface area contributed by atoms with E-state index in [4.69, 9.17) is 0 Å². The van der Waals surface area contributed by atoms with Crippen molar-refractivity contribution in [3.63, 3.8) is 0 Å². The van der Waals surface area contributed by atoms with Crippen molar-refractivity contribution in [3.8, 4) is 0 Å². The molecule has 1 N–H and O–H groups in total. The zero-order valence-corrected chi connectivity index (χ0v) is 19.7. The van der Waals surface area contributed by atoms with Gasteiger partial charge >= 0.3 is 0 Å². The van der Waals surface area contributed by atoms with Gasteiger partial charge < -0.3 is 10.2 Å². The summed E-state index contributed by atoms with van der Waals surface area (Å²) in [6.07, 6.45) is 4.59. The third-order valence-electron chi connectivity index (χ3n) is 5.91. The quantitative estimate of drug-likeness (QED) is 0.588. The molecule has 1 fully saturated rings. The maximum Gasteiger partial charge on any atom is 0.261 e. The normalized spacial score (nSPS) is 16.2. The van der Waals surface area contributed by atoms with E-state index >= 15 is 0 Å². The van der Waals surface area contributed by atoms with E-state index in [0.717, 1.165) is 35.8 Å². The summed E-state index contributed by atoms with van der Waals surface area (Å²) < 4.78 is 2.06. The highest BCUT2D eigenvalue weighted by Crippen LogP contribution is 2.22. The molecule has 2 aromatic carbocycles. The van der Waals surface area contributed by atoms with Gasteiger partial charge in [-0.2, -0.15) is 0 Å². The predicted octanol–water partition coefficient (Wildman–Crippen LogP) is 4.12. The molecule has 0 radical (unpaired) electrons. The number of aromatic nitrogens is 2. The lowest BCUT2D eigenvalue weighted by atomic mass is 10.0. The highest BCUT2D eigenvalue weighted by Gasteiger charge is 2.24. The monoisotopic (exact) mass is 496 g/mol. The van der Waals surface area contributed by atoms with Gasteiger partial charge in [0.15, 0.2) is 0 Å². The topological polar surface area (TPSA) is 84.3 Å². The van der Waals surface area contributed by atoms with Crippen LogP contribution in [0, 0.1) is 6.92 Å². The minimum atomic E-state index is -0.338. The number of amides is 2. The van der Waals surface area contributed by atoms with Crippen LogP contribution in [-0.2, 0) is 11.3 Å². The second-order valence-corrected chi connectivity index (χ2v) is 9.18. The summed E-state index contributed by atoms with van der Waals surface area (Å²) in [5, 5.41) is 3.28. The van der Waals surface area contributed by atoms with E-state index in [1.165, 1.54) is 10.9 Å². The maximum absolute atomic E-state index is 12.9. The van der Waals surface area contributed by atoms with Crippen molar-refractivity contribution in [2.45, 2.75) is 45.7 Å². The van der Waals surface area contributed by atoms with E-state index in [0.29, 0.717) is 22.2 Å². The van der Waals surface area contributed by atoms with Crippen molar-refractivity contribution >= 4 is 44.3 Å². The number of likely N-dealkylation sites (tertiary alicyclic amines) is 1. The van der Waals surface area contributed by atoms with Crippen LogP contribution < -0.4 is 10.9 Å². The zero-order valence-electron chi connectivity index (χ0n) is 18.1. The van der Waals surface area contributed by atoms with Gasteiger partial charge in [0.2, 0.25) is 5.91 Å². The molecule has 1 atom stereocenters. The van der Waals surface area contributed by atoms with E-state index < -0.39 is 0 Å². The van der Waals surface area contributed by atoms with Gasteiger partial charge in [-0.25, -0.2) is 4.98 Å². The van der Waals surface area contributed by atoms with E-state index in [2.05, 4.69) is 33.2 Å². The lowest BCUT2D eigenvalue weighted by Crippen LogP contribution is -2.42. The van der Waals surface area contributed by atoms with Gasteiger partial charge in [0, 0.05) is 28.3 Å². The molecule has 0 aliphatic carbocycles. The third kappa shape index (κ3) is 4.60. The molecule has 1 aliphatic rings. The standard InChI is InChI=1S/C24H25BrN4O3/c1-15-11-17(23(31)29-10-4-3-5-16(29)2)6-8-20(15)27-22(30)13-28-14-26-21-9-7-18(25)12-19(21)24(28)32/h6-9,11-12,14,16H,3-5,10,13H2,1-2H3,(H,27,30). The number of nitrogens with zero attached hydrogens (tertiary/aromatic N) is 3. The minimum Gasteiger partial charge on any atom is -0.336 e. The van der Waals surface area contributed by atoms with Gasteiger partial charge in [0.25, 0.3) is 11.5 Å². The molecule has 2 heterocycles. The van der Waals surface area contributed by atoms with Crippen LogP contribution in [0.15, 0.2) is 52.0 Å². The first kappa shape index (κ1) is 22.2. The number of rotatable bonds is 4.